The highest BCUT2D eigenvalue weighted by Crippen LogP contribution is 2.27. The summed E-state index contributed by atoms with van der Waals surface area (Å²) in [4.78, 5) is 11.0. The first kappa shape index (κ1) is 13.9. The van der Waals surface area contributed by atoms with E-state index in [4.69, 9.17) is 9.84 Å². The van der Waals surface area contributed by atoms with E-state index in [2.05, 4.69) is 0 Å². The van der Waals surface area contributed by atoms with Gasteiger partial charge in [-0.1, -0.05) is 37.3 Å². The van der Waals surface area contributed by atoms with Crippen LogP contribution in [0.15, 0.2) is 54.6 Å². The van der Waals surface area contributed by atoms with Crippen molar-refractivity contribution < 1.29 is 14.6 Å². The van der Waals surface area contributed by atoms with Crippen molar-refractivity contribution in [3.05, 3.63) is 65.7 Å². The number of carbonyl (C=O) groups is 1. The molecule has 20 heavy (non-hydrogen) atoms. The van der Waals surface area contributed by atoms with Crippen LogP contribution in [0.1, 0.15) is 29.3 Å². The van der Waals surface area contributed by atoms with Crippen molar-refractivity contribution in [3.8, 4) is 11.5 Å². The van der Waals surface area contributed by atoms with Gasteiger partial charge in [0.05, 0.1) is 5.56 Å². The summed E-state index contributed by atoms with van der Waals surface area (Å²) >= 11 is 0. The Balaban J connectivity index is 2.36. The number of carboxylic acid groups (broad SMARTS) is 1. The van der Waals surface area contributed by atoms with E-state index < -0.39 is 5.97 Å². The Kier molecular flexibility index (Phi) is 4.56. The van der Waals surface area contributed by atoms with Gasteiger partial charge in [-0.25, -0.2) is 4.79 Å². The van der Waals surface area contributed by atoms with Gasteiger partial charge in [-0.3, -0.25) is 0 Å². The zero-order chi connectivity index (χ0) is 14.4. The molecule has 0 bridgehead atoms. The average Bonchev–Trinajstić information content (AvgIpc) is 2.47. The molecule has 0 radical (unpaired) electrons. The fourth-order valence-electron chi connectivity index (χ4n) is 1.77. The molecule has 0 unspecified atom stereocenters. The summed E-state index contributed by atoms with van der Waals surface area (Å²) in [5, 5.41) is 9.05. The Labute approximate surface area is 118 Å². The van der Waals surface area contributed by atoms with Crippen LogP contribution >= 0.6 is 0 Å². The molecule has 0 heterocycles. The summed E-state index contributed by atoms with van der Waals surface area (Å²) in [5.41, 5.74) is 1.01. The lowest BCUT2D eigenvalue weighted by Gasteiger charge is -2.09. The highest BCUT2D eigenvalue weighted by Gasteiger charge is 2.08. The van der Waals surface area contributed by atoms with E-state index in [9.17, 15) is 4.79 Å². The number of carboxylic acids is 1. The average molecular weight is 268 g/mol. The van der Waals surface area contributed by atoms with Crippen molar-refractivity contribution in [2.45, 2.75) is 13.3 Å². The third kappa shape index (κ3) is 3.48. The Morgan fingerprint density at radius 3 is 2.60 bits per heavy atom. The fourth-order valence-corrected chi connectivity index (χ4v) is 1.77. The van der Waals surface area contributed by atoms with Crippen LogP contribution in [0.3, 0.4) is 0 Å². The summed E-state index contributed by atoms with van der Waals surface area (Å²) in [5.74, 6) is 0.426. The molecule has 2 aromatic carbocycles. The zero-order valence-electron chi connectivity index (χ0n) is 11.2. The van der Waals surface area contributed by atoms with E-state index in [0.29, 0.717) is 5.75 Å². The minimum atomic E-state index is -0.942. The largest absolute Gasteiger partial charge is 0.478 e. The van der Waals surface area contributed by atoms with Gasteiger partial charge in [-0.15, -0.1) is 0 Å². The number of allylic oxidation sites excluding steroid dienone is 1. The molecular formula is C17H16O3. The summed E-state index contributed by atoms with van der Waals surface area (Å²) in [7, 11) is 0. The van der Waals surface area contributed by atoms with Crippen LogP contribution in [0, 0.1) is 0 Å². The molecule has 2 aromatic rings. The van der Waals surface area contributed by atoms with Gasteiger partial charge >= 0.3 is 5.97 Å². The van der Waals surface area contributed by atoms with Crippen molar-refractivity contribution in [1.82, 2.24) is 0 Å². The number of rotatable bonds is 5. The molecule has 0 saturated carbocycles. The highest BCUT2D eigenvalue weighted by atomic mass is 16.5. The molecule has 0 aliphatic carbocycles. The Morgan fingerprint density at radius 2 is 1.95 bits per heavy atom. The monoisotopic (exact) mass is 268 g/mol. The van der Waals surface area contributed by atoms with Gasteiger partial charge in [0, 0.05) is 5.56 Å². The Hall–Kier alpha value is -2.55. The predicted molar refractivity (Wildman–Crippen MR) is 79.2 cm³/mol. The molecule has 3 nitrogen and oxygen atoms in total. The second kappa shape index (κ2) is 6.57. The van der Waals surface area contributed by atoms with E-state index >= 15 is 0 Å². The quantitative estimate of drug-likeness (QED) is 0.862. The lowest BCUT2D eigenvalue weighted by molar-refractivity contribution is 0.0697. The maximum Gasteiger partial charge on any atom is 0.335 e. The van der Waals surface area contributed by atoms with Crippen molar-refractivity contribution in [3.63, 3.8) is 0 Å². The third-order valence-corrected chi connectivity index (χ3v) is 2.76. The first-order chi connectivity index (χ1) is 9.70. The van der Waals surface area contributed by atoms with E-state index in [-0.39, 0.29) is 5.56 Å². The maximum atomic E-state index is 11.0. The van der Waals surface area contributed by atoms with E-state index in [1.807, 2.05) is 49.4 Å². The number of para-hydroxylation sites is 1. The summed E-state index contributed by atoms with van der Waals surface area (Å²) in [6.07, 6.45) is 4.73. The van der Waals surface area contributed by atoms with Crippen LogP contribution in [0.4, 0.5) is 0 Å². The van der Waals surface area contributed by atoms with E-state index in [1.165, 1.54) is 0 Å². The van der Waals surface area contributed by atoms with Crippen molar-refractivity contribution in [2.75, 3.05) is 0 Å². The van der Waals surface area contributed by atoms with Gasteiger partial charge in [0.2, 0.25) is 0 Å². The second-order valence-corrected chi connectivity index (χ2v) is 4.28. The minimum absolute atomic E-state index is 0.251. The lowest BCUT2D eigenvalue weighted by atomic mass is 10.1. The normalized spacial score (nSPS) is 10.7. The number of ether oxygens (including phenoxy) is 1. The summed E-state index contributed by atoms with van der Waals surface area (Å²) in [6, 6.07) is 14.3. The molecule has 102 valence electrons. The molecule has 3 heteroatoms. The topological polar surface area (TPSA) is 46.5 Å². The number of hydrogen-bond donors (Lipinski definition) is 1. The molecule has 0 aliphatic heterocycles. The molecule has 0 spiro atoms. The molecule has 0 saturated heterocycles. The fraction of sp³-hybridized carbons (Fsp3) is 0.118. The van der Waals surface area contributed by atoms with Gasteiger partial charge in [0.15, 0.2) is 0 Å². The maximum absolute atomic E-state index is 11.0. The predicted octanol–water partition coefficient (Wildman–Crippen LogP) is 4.60. The standard InChI is InChI=1S/C17H16O3/c1-2-3-7-13-12-14(17(18)19)10-11-16(13)20-15-8-5-4-6-9-15/h3-12H,2H2,1H3,(H,18,19)/b7-3+. The van der Waals surface area contributed by atoms with Crippen LogP contribution in [0.25, 0.3) is 6.08 Å². The SMILES string of the molecule is CC/C=C/c1cc(C(=O)O)ccc1Oc1ccccc1. The first-order valence-corrected chi connectivity index (χ1v) is 6.47. The van der Waals surface area contributed by atoms with Crippen LogP contribution < -0.4 is 4.74 Å². The lowest BCUT2D eigenvalue weighted by Crippen LogP contribution is -1.97. The van der Waals surface area contributed by atoms with E-state index in [0.717, 1.165) is 17.7 Å². The molecule has 0 aromatic heterocycles. The van der Waals surface area contributed by atoms with Crippen LogP contribution in [-0.4, -0.2) is 11.1 Å². The number of aromatic carboxylic acids is 1. The van der Waals surface area contributed by atoms with Gasteiger partial charge in [-0.2, -0.15) is 0 Å². The van der Waals surface area contributed by atoms with Gasteiger partial charge in [0.25, 0.3) is 0 Å². The van der Waals surface area contributed by atoms with Crippen molar-refractivity contribution in [2.24, 2.45) is 0 Å². The Bertz CT molecular complexity index is 615. The van der Waals surface area contributed by atoms with Crippen molar-refractivity contribution >= 4 is 12.0 Å². The molecular weight excluding hydrogens is 252 g/mol. The molecule has 0 atom stereocenters. The van der Waals surface area contributed by atoms with Gasteiger partial charge in [-0.05, 0) is 36.8 Å². The molecule has 0 aliphatic rings. The molecule has 0 amide bonds. The minimum Gasteiger partial charge on any atom is -0.478 e. The van der Waals surface area contributed by atoms with Crippen LogP contribution in [-0.2, 0) is 0 Å². The Morgan fingerprint density at radius 1 is 1.20 bits per heavy atom. The highest BCUT2D eigenvalue weighted by molar-refractivity contribution is 5.89. The van der Waals surface area contributed by atoms with Gasteiger partial charge in [0.1, 0.15) is 11.5 Å². The molecule has 1 N–H and O–H groups in total. The van der Waals surface area contributed by atoms with Gasteiger partial charge < -0.3 is 9.84 Å². The van der Waals surface area contributed by atoms with Crippen LogP contribution in [0.5, 0.6) is 11.5 Å². The summed E-state index contributed by atoms with van der Waals surface area (Å²) < 4.78 is 5.80. The zero-order valence-corrected chi connectivity index (χ0v) is 11.2. The van der Waals surface area contributed by atoms with E-state index in [1.54, 1.807) is 18.2 Å². The number of benzene rings is 2. The number of hydrogen-bond acceptors (Lipinski definition) is 2. The third-order valence-electron chi connectivity index (χ3n) is 2.76. The molecule has 2 rings (SSSR count). The van der Waals surface area contributed by atoms with Crippen LogP contribution in [0.2, 0.25) is 0 Å². The second-order valence-electron chi connectivity index (χ2n) is 4.28. The first-order valence-electron chi connectivity index (χ1n) is 6.47. The van der Waals surface area contributed by atoms with Crippen molar-refractivity contribution in [1.29, 1.82) is 0 Å². The summed E-state index contributed by atoms with van der Waals surface area (Å²) in [6.45, 7) is 2.02. The smallest absolute Gasteiger partial charge is 0.335 e. The molecule has 0 fully saturated rings.